The Morgan fingerprint density at radius 3 is 2.27 bits per heavy atom. The van der Waals surface area contributed by atoms with Crippen molar-refractivity contribution in [2.45, 2.75) is 38.3 Å². The number of aromatic nitrogens is 2. The van der Waals surface area contributed by atoms with Gasteiger partial charge in [-0.1, -0.05) is 37.3 Å². The van der Waals surface area contributed by atoms with Crippen LogP contribution in [0.2, 0.25) is 0 Å². The molecule has 1 atom stereocenters. The van der Waals surface area contributed by atoms with Crippen LogP contribution in [-0.4, -0.2) is 32.9 Å². The van der Waals surface area contributed by atoms with Gasteiger partial charge in [0.25, 0.3) is 0 Å². The van der Waals surface area contributed by atoms with Gasteiger partial charge in [-0.15, -0.1) is 0 Å². The standard InChI is InChI=1S/C26H26F2N4O/c1-17-23(33)16-29-32-25(17)18(2)30-12-4-3-5-13-31(30)26(32)24(19-8-6-10-21(27)14-19)20-9-7-11-22(28)15-20/h6-11,14-16,24,26H,2-5,12-13H2,1H3. The van der Waals surface area contributed by atoms with Crippen molar-refractivity contribution < 1.29 is 8.78 Å². The van der Waals surface area contributed by atoms with Crippen molar-refractivity contribution in [2.24, 2.45) is 0 Å². The van der Waals surface area contributed by atoms with Gasteiger partial charge in [0.05, 0.1) is 17.6 Å². The molecule has 3 aromatic rings. The Balaban J connectivity index is 1.80. The number of fused-ring (bicyclic) bond motifs is 2. The van der Waals surface area contributed by atoms with Crippen LogP contribution in [0.4, 0.5) is 8.78 Å². The van der Waals surface area contributed by atoms with E-state index in [0.717, 1.165) is 38.0 Å². The van der Waals surface area contributed by atoms with Crippen LogP contribution in [0.15, 0.2) is 66.1 Å². The summed E-state index contributed by atoms with van der Waals surface area (Å²) in [5.74, 6) is -1.14. The predicted octanol–water partition coefficient (Wildman–Crippen LogP) is 4.85. The Hall–Kier alpha value is -3.32. The molecule has 2 aliphatic heterocycles. The summed E-state index contributed by atoms with van der Waals surface area (Å²) in [5.41, 5.74) is 3.24. The fraction of sp³-hybridized carbons (Fsp3) is 0.308. The maximum absolute atomic E-state index is 14.4. The quantitative estimate of drug-likeness (QED) is 0.575. The van der Waals surface area contributed by atoms with Gasteiger partial charge in [-0.25, -0.2) is 13.5 Å². The first-order valence-electron chi connectivity index (χ1n) is 11.3. The normalized spacial score (nSPS) is 18.7. The number of nitrogens with zero attached hydrogens (tertiary/aromatic N) is 4. The molecule has 33 heavy (non-hydrogen) atoms. The molecule has 0 aliphatic carbocycles. The van der Waals surface area contributed by atoms with E-state index in [-0.39, 0.29) is 17.1 Å². The van der Waals surface area contributed by atoms with Gasteiger partial charge < -0.3 is 5.01 Å². The third-order valence-electron chi connectivity index (χ3n) is 6.68. The summed E-state index contributed by atoms with van der Waals surface area (Å²) in [6.07, 6.45) is 3.94. The average Bonchev–Trinajstić information content (AvgIpc) is 3.05. The smallest absolute Gasteiger partial charge is 0.203 e. The average molecular weight is 449 g/mol. The van der Waals surface area contributed by atoms with Crippen LogP contribution >= 0.6 is 0 Å². The lowest BCUT2D eigenvalue weighted by Gasteiger charge is -2.49. The van der Waals surface area contributed by atoms with Crippen molar-refractivity contribution in [1.29, 1.82) is 0 Å². The summed E-state index contributed by atoms with van der Waals surface area (Å²) in [5, 5.41) is 8.88. The molecule has 1 aromatic heterocycles. The first-order chi connectivity index (χ1) is 16.0. The van der Waals surface area contributed by atoms with E-state index in [4.69, 9.17) is 0 Å². The topological polar surface area (TPSA) is 41.4 Å². The molecule has 0 saturated carbocycles. The fourth-order valence-electron chi connectivity index (χ4n) is 5.13. The Labute approximate surface area is 191 Å². The maximum atomic E-state index is 14.4. The first kappa shape index (κ1) is 21.5. The summed E-state index contributed by atoms with van der Waals surface area (Å²) in [6, 6.07) is 12.9. The molecule has 5 nitrogen and oxygen atoms in total. The van der Waals surface area contributed by atoms with E-state index in [0.29, 0.717) is 22.4 Å². The number of benzene rings is 2. The van der Waals surface area contributed by atoms with E-state index in [2.05, 4.69) is 21.7 Å². The van der Waals surface area contributed by atoms with E-state index < -0.39 is 12.1 Å². The van der Waals surface area contributed by atoms with E-state index in [1.807, 2.05) is 16.8 Å². The Bertz CT molecular complexity index is 1230. The zero-order valence-corrected chi connectivity index (χ0v) is 18.5. The fourth-order valence-corrected chi connectivity index (χ4v) is 5.13. The Morgan fingerprint density at radius 2 is 1.64 bits per heavy atom. The van der Waals surface area contributed by atoms with Crippen LogP contribution in [-0.2, 0) is 0 Å². The van der Waals surface area contributed by atoms with E-state index >= 15 is 0 Å². The molecular formula is C26H26F2N4O. The molecule has 0 spiro atoms. The van der Waals surface area contributed by atoms with Gasteiger partial charge >= 0.3 is 0 Å². The van der Waals surface area contributed by atoms with Gasteiger partial charge in [-0.05, 0) is 55.2 Å². The number of hydrogen-bond acceptors (Lipinski definition) is 4. The second kappa shape index (κ2) is 8.56. The third kappa shape index (κ3) is 3.76. The molecule has 1 saturated heterocycles. The van der Waals surface area contributed by atoms with Crippen LogP contribution in [0.1, 0.15) is 53.7 Å². The van der Waals surface area contributed by atoms with E-state index in [1.54, 1.807) is 19.1 Å². The lowest BCUT2D eigenvalue weighted by atomic mass is 9.87. The number of halogens is 2. The molecule has 0 amide bonds. The highest BCUT2D eigenvalue weighted by Crippen LogP contribution is 2.44. The summed E-state index contributed by atoms with van der Waals surface area (Å²) in [7, 11) is 0. The third-order valence-corrected chi connectivity index (χ3v) is 6.68. The first-order valence-corrected chi connectivity index (χ1v) is 11.3. The van der Waals surface area contributed by atoms with Gasteiger partial charge in [0, 0.05) is 24.6 Å². The maximum Gasteiger partial charge on any atom is 0.203 e. The van der Waals surface area contributed by atoms with Crippen LogP contribution < -0.4 is 5.43 Å². The highest BCUT2D eigenvalue weighted by atomic mass is 19.1. The predicted molar refractivity (Wildman–Crippen MR) is 123 cm³/mol. The van der Waals surface area contributed by atoms with E-state index in [9.17, 15) is 13.6 Å². The number of hydrogen-bond donors (Lipinski definition) is 0. The molecule has 0 bridgehead atoms. The number of hydrazine groups is 1. The number of rotatable bonds is 3. The van der Waals surface area contributed by atoms with Crippen molar-refractivity contribution >= 4 is 5.70 Å². The molecule has 1 unspecified atom stereocenters. The zero-order valence-electron chi connectivity index (χ0n) is 18.5. The highest BCUT2D eigenvalue weighted by molar-refractivity contribution is 5.62. The minimum Gasteiger partial charge on any atom is -0.302 e. The monoisotopic (exact) mass is 448 g/mol. The van der Waals surface area contributed by atoms with Gasteiger partial charge in [0.2, 0.25) is 5.43 Å². The van der Waals surface area contributed by atoms with Crippen molar-refractivity contribution in [1.82, 2.24) is 19.8 Å². The highest BCUT2D eigenvalue weighted by Gasteiger charge is 2.42. The molecular weight excluding hydrogens is 422 g/mol. The SMILES string of the molecule is C=C1c2c(C)c(=O)cnn2C(C(c2cccc(F)c2)c2cccc(F)c2)N2CCCCCN12. The molecule has 170 valence electrons. The molecule has 2 aliphatic rings. The molecule has 5 rings (SSSR count). The molecule has 7 heteroatoms. The van der Waals surface area contributed by atoms with Crippen LogP contribution in [0.3, 0.4) is 0 Å². The van der Waals surface area contributed by atoms with Crippen LogP contribution in [0.5, 0.6) is 0 Å². The Kier molecular flexibility index (Phi) is 5.58. The molecule has 2 aromatic carbocycles. The lowest BCUT2D eigenvalue weighted by Crippen LogP contribution is -2.53. The molecule has 1 fully saturated rings. The molecule has 0 N–H and O–H groups in total. The molecule has 3 heterocycles. The summed E-state index contributed by atoms with van der Waals surface area (Å²) in [6.45, 7) is 7.61. The summed E-state index contributed by atoms with van der Waals surface area (Å²) >= 11 is 0. The van der Waals surface area contributed by atoms with Crippen LogP contribution in [0.25, 0.3) is 5.70 Å². The van der Waals surface area contributed by atoms with Crippen LogP contribution in [0, 0.1) is 18.6 Å². The summed E-state index contributed by atoms with van der Waals surface area (Å²) in [4.78, 5) is 12.5. The largest absolute Gasteiger partial charge is 0.302 e. The lowest BCUT2D eigenvalue weighted by molar-refractivity contribution is -0.0612. The summed E-state index contributed by atoms with van der Waals surface area (Å²) < 4.78 is 30.6. The van der Waals surface area contributed by atoms with Gasteiger partial charge in [-0.3, -0.25) is 4.79 Å². The van der Waals surface area contributed by atoms with Gasteiger partial charge in [0.1, 0.15) is 17.8 Å². The van der Waals surface area contributed by atoms with Gasteiger partial charge in [-0.2, -0.15) is 10.1 Å². The second-order valence-corrected chi connectivity index (χ2v) is 8.72. The second-order valence-electron chi connectivity index (χ2n) is 8.72. The zero-order chi connectivity index (χ0) is 23.1. The van der Waals surface area contributed by atoms with Crippen molar-refractivity contribution in [3.63, 3.8) is 0 Å². The van der Waals surface area contributed by atoms with Gasteiger partial charge in [0.15, 0.2) is 0 Å². The van der Waals surface area contributed by atoms with Crippen molar-refractivity contribution in [3.8, 4) is 0 Å². The minimum atomic E-state index is -0.432. The van der Waals surface area contributed by atoms with E-state index in [1.165, 1.54) is 30.5 Å². The van der Waals surface area contributed by atoms with Crippen molar-refractivity contribution in [3.05, 3.63) is 106 Å². The minimum absolute atomic E-state index is 0.155. The van der Waals surface area contributed by atoms with Crippen molar-refractivity contribution in [2.75, 3.05) is 13.1 Å². The Morgan fingerprint density at radius 1 is 1.00 bits per heavy atom. The molecule has 0 radical (unpaired) electrons.